The second kappa shape index (κ2) is 14.0. The maximum atomic E-state index is 11.7. The van der Waals surface area contributed by atoms with Gasteiger partial charge in [0.25, 0.3) is 0 Å². The minimum absolute atomic E-state index is 0.0266. The van der Waals surface area contributed by atoms with Crippen LogP contribution in [0.15, 0.2) is 24.3 Å². The molecule has 1 aromatic rings. The Labute approximate surface area is 160 Å². The molecular weight excluding hydrogens is 352 g/mol. The molecule has 0 aliphatic rings. The summed E-state index contributed by atoms with van der Waals surface area (Å²) in [6.07, 6.45) is 4.30. The van der Waals surface area contributed by atoms with Crippen molar-refractivity contribution in [3.05, 3.63) is 35.4 Å². The Balaban J connectivity index is 2.10. The van der Waals surface area contributed by atoms with E-state index in [0.717, 1.165) is 24.8 Å². The maximum Gasteiger partial charge on any atom is 0.543 e. The van der Waals surface area contributed by atoms with E-state index >= 15 is 0 Å². The Morgan fingerprint density at radius 1 is 1.00 bits per heavy atom. The SMILES string of the molecule is CCCCC(CC)COCCOC(=O)OOOC(=O)c1ccc(CC)cc1. The Kier molecular flexibility index (Phi) is 11.9. The summed E-state index contributed by atoms with van der Waals surface area (Å²) in [5.74, 6) is -0.252. The van der Waals surface area contributed by atoms with Gasteiger partial charge < -0.3 is 9.47 Å². The van der Waals surface area contributed by atoms with E-state index in [1.807, 2.05) is 6.92 Å². The van der Waals surface area contributed by atoms with Gasteiger partial charge in [-0.2, -0.15) is 0 Å². The molecule has 0 saturated heterocycles. The summed E-state index contributed by atoms with van der Waals surface area (Å²) >= 11 is 0. The monoisotopic (exact) mass is 382 g/mol. The molecule has 1 aromatic carbocycles. The van der Waals surface area contributed by atoms with Crippen molar-refractivity contribution in [2.24, 2.45) is 5.92 Å². The summed E-state index contributed by atoms with van der Waals surface area (Å²) in [7, 11) is 0. The molecule has 0 N–H and O–H groups in total. The van der Waals surface area contributed by atoms with Crippen LogP contribution in [0.5, 0.6) is 0 Å². The molecule has 1 rings (SSSR count). The summed E-state index contributed by atoms with van der Waals surface area (Å²) in [6, 6.07) is 6.81. The summed E-state index contributed by atoms with van der Waals surface area (Å²) in [5.41, 5.74) is 1.37. The molecule has 0 aliphatic heterocycles. The highest BCUT2D eigenvalue weighted by atomic mass is 17.5. The highest BCUT2D eigenvalue weighted by Crippen LogP contribution is 2.12. The lowest BCUT2D eigenvalue weighted by Gasteiger charge is -2.14. The molecule has 0 aliphatic carbocycles. The lowest BCUT2D eigenvalue weighted by molar-refractivity contribution is -0.452. The van der Waals surface area contributed by atoms with E-state index in [9.17, 15) is 9.59 Å². The molecule has 0 bridgehead atoms. The molecule has 0 fully saturated rings. The van der Waals surface area contributed by atoms with Gasteiger partial charge in [0.05, 0.1) is 17.2 Å². The zero-order valence-electron chi connectivity index (χ0n) is 16.4. The molecule has 1 unspecified atom stereocenters. The fourth-order valence-corrected chi connectivity index (χ4v) is 2.36. The molecule has 0 amide bonds. The third-order valence-corrected chi connectivity index (χ3v) is 4.15. The van der Waals surface area contributed by atoms with Crippen molar-refractivity contribution in [2.75, 3.05) is 19.8 Å². The first-order valence-electron chi connectivity index (χ1n) is 9.49. The fourth-order valence-electron chi connectivity index (χ4n) is 2.36. The fraction of sp³-hybridized carbons (Fsp3) is 0.600. The smallest absolute Gasteiger partial charge is 0.430 e. The largest absolute Gasteiger partial charge is 0.543 e. The van der Waals surface area contributed by atoms with Crippen LogP contribution in [0, 0.1) is 5.92 Å². The van der Waals surface area contributed by atoms with Crippen molar-refractivity contribution < 1.29 is 33.9 Å². The third-order valence-electron chi connectivity index (χ3n) is 4.15. The Bertz CT molecular complexity index is 542. The van der Waals surface area contributed by atoms with Crippen LogP contribution in [-0.2, 0) is 30.7 Å². The second-order valence-corrected chi connectivity index (χ2v) is 6.16. The zero-order chi connectivity index (χ0) is 19.9. The summed E-state index contributed by atoms with van der Waals surface area (Å²) in [4.78, 5) is 31.6. The lowest BCUT2D eigenvalue weighted by atomic mass is 10.0. The minimum Gasteiger partial charge on any atom is -0.430 e. The van der Waals surface area contributed by atoms with Gasteiger partial charge in [-0.1, -0.05) is 52.2 Å². The molecule has 152 valence electrons. The third kappa shape index (κ3) is 9.96. The van der Waals surface area contributed by atoms with Gasteiger partial charge in [0.2, 0.25) is 0 Å². The zero-order valence-corrected chi connectivity index (χ0v) is 16.4. The van der Waals surface area contributed by atoms with E-state index in [-0.39, 0.29) is 18.8 Å². The van der Waals surface area contributed by atoms with E-state index in [1.54, 1.807) is 24.3 Å². The number of benzene rings is 1. The molecule has 27 heavy (non-hydrogen) atoms. The van der Waals surface area contributed by atoms with E-state index < -0.39 is 12.1 Å². The molecule has 0 aromatic heterocycles. The van der Waals surface area contributed by atoms with Crippen LogP contribution in [-0.4, -0.2) is 31.9 Å². The van der Waals surface area contributed by atoms with Crippen molar-refractivity contribution in [1.29, 1.82) is 0 Å². The van der Waals surface area contributed by atoms with Crippen molar-refractivity contribution in [3.8, 4) is 0 Å². The van der Waals surface area contributed by atoms with Crippen molar-refractivity contribution in [1.82, 2.24) is 0 Å². The number of unbranched alkanes of at least 4 members (excludes halogenated alkanes) is 1. The number of aryl methyl sites for hydroxylation is 1. The van der Waals surface area contributed by atoms with E-state index in [0.29, 0.717) is 12.5 Å². The van der Waals surface area contributed by atoms with Crippen LogP contribution in [0.2, 0.25) is 0 Å². The molecule has 7 heteroatoms. The molecule has 0 heterocycles. The van der Waals surface area contributed by atoms with Gasteiger partial charge in [0, 0.05) is 6.61 Å². The number of ether oxygens (including phenoxy) is 2. The van der Waals surface area contributed by atoms with Gasteiger partial charge in [-0.05, 0) is 36.5 Å². The maximum absolute atomic E-state index is 11.7. The van der Waals surface area contributed by atoms with Crippen molar-refractivity contribution in [2.45, 2.75) is 52.9 Å². The van der Waals surface area contributed by atoms with Crippen LogP contribution in [0.25, 0.3) is 0 Å². The average molecular weight is 382 g/mol. The molecule has 0 saturated carbocycles. The van der Waals surface area contributed by atoms with Crippen LogP contribution in [0.1, 0.15) is 62.4 Å². The number of hydrogen-bond acceptors (Lipinski definition) is 7. The van der Waals surface area contributed by atoms with Crippen molar-refractivity contribution >= 4 is 12.1 Å². The number of hydrogen-bond donors (Lipinski definition) is 0. The number of carbonyl (C=O) groups is 2. The highest BCUT2D eigenvalue weighted by molar-refractivity contribution is 5.88. The lowest BCUT2D eigenvalue weighted by Crippen LogP contribution is -2.16. The van der Waals surface area contributed by atoms with E-state index in [4.69, 9.17) is 9.47 Å². The van der Waals surface area contributed by atoms with Crippen molar-refractivity contribution in [3.63, 3.8) is 0 Å². The van der Waals surface area contributed by atoms with Crippen LogP contribution < -0.4 is 0 Å². The predicted octanol–water partition coefficient (Wildman–Crippen LogP) is 4.64. The quantitative estimate of drug-likeness (QED) is 0.213. The summed E-state index contributed by atoms with van der Waals surface area (Å²) in [5, 5.41) is 4.16. The van der Waals surface area contributed by atoms with Crippen LogP contribution >= 0.6 is 0 Å². The van der Waals surface area contributed by atoms with Gasteiger partial charge >= 0.3 is 12.1 Å². The molecule has 0 spiro atoms. The first kappa shape index (κ1) is 22.9. The van der Waals surface area contributed by atoms with E-state index in [1.165, 1.54) is 12.8 Å². The predicted molar refractivity (Wildman–Crippen MR) is 98.9 cm³/mol. The van der Waals surface area contributed by atoms with E-state index in [2.05, 4.69) is 28.7 Å². The highest BCUT2D eigenvalue weighted by Gasteiger charge is 2.12. The first-order valence-corrected chi connectivity index (χ1v) is 9.49. The van der Waals surface area contributed by atoms with Gasteiger partial charge in [-0.15, -0.1) is 0 Å². The van der Waals surface area contributed by atoms with Gasteiger partial charge in [-0.25, -0.2) is 14.5 Å². The Hall–Kier alpha value is -2.12. The number of carbonyl (C=O) groups excluding carboxylic acids is 2. The minimum atomic E-state index is -1.11. The van der Waals surface area contributed by atoms with Gasteiger partial charge in [-0.3, -0.25) is 4.89 Å². The molecule has 0 radical (unpaired) electrons. The topological polar surface area (TPSA) is 80.3 Å². The normalized spacial score (nSPS) is 11.7. The van der Waals surface area contributed by atoms with Crippen LogP contribution in [0.3, 0.4) is 0 Å². The summed E-state index contributed by atoms with van der Waals surface area (Å²) in [6.45, 7) is 7.23. The van der Waals surface area contributed by atoms with Gasteiger partial charge in [0.15, 0.2) is 0 Å². The first-order chi connectivity index (χ1) is 13.1. The summed E-state index contributed by atoms with van der Waals surface area (Å²) < 4.78 is 10.2. The Morgan fingerprint density at radius 2 is 1.74 bits per heavy atom. The molecular formula is C20H30O7. The number of rotatable bonds is 13. The Morgan fingerprint density at radius 3 is 2.37 bits per heavy atom. The standard InChI is InChI=1S/C20H30O7/c1-4-7-8-17(6-3)15-23-13-14-24-20(22)26-27-25-19(21)18-11-9-16(5-2)10-12-18/h9-12,17H,4-8,13-15H2,1-3H3. The van der Waals surface area contributed by atoms with Crippen LogP contribution in [0.4, 0.5) is 4.79 Å². The van der Waals surface area contributed by atoms with Gasteiger partial charge in [0.1, 0.15) is 6.61 Å². The second-order valence-electron chi connectivity index (χ2n) is 6.16. The average Bonchev–Trinajstić information content (AvgIpc) is 2.70. The molecule has 7 nitrogen and oxygen atoms in total. The molecule has 1 atom stereocenters.